The molecule has 1 N–H and O–H groups in total. The van der Waals surface area contributed by atoms with Crippen molar-refractivity contribution in [1.29, 1.82) is 0 Å². The lowest BCUT2D eigenvalue weighted by Gasteiger charge is -2.10. The number of hydrogen-bond acceptors (Lipinski definition) is 4. The molecule has 0 unspecified atom stereocenters. The minimum atomic E-state index is -0.0581. The molecule has 0 bridgehead atoms. The first-order chi connectivity index (χ1) is 11.7. The number of benzene rings is 2. The molecule has 0 fully saturated rings. The van der Waals surface area contributed by atoms with Gasteiger partial charge in [-0.2, -0.15) is 0 Å². The Labute approximate surface area is 138 Å². The smallest absolute Gasteiger partial charge is 0.227 e. The predicted molar refractivity (Wildman–Crippen MR) is 96.0 cm³/mol. The van der Waals surface area contributed by atoms with Gasteiger partial charge in [0.2, 0.25) is 5.43 Å². The van der Waals surface area contributed by atoms with Crippen LogP contribution >= 0.6 is 0 Å². The first-order valence-electron chi connectivity index (χ1n) is 7.74. The van der Waals surface area contributed by atoms with Gasteiger partial charge in [0, 0.05) is 36.8 Å². The highest BCUT2D eigenvalue weighted by atomic mass is 16.5. The van der Waals surface area contributed by atoms with Gasteiger partial charge in [0.05, 0.1) is 18.3 Å². The maximum Gasteiger partial charge on any atom is 0.227 e. The van der Waals surface area contributed by atoms with Crippen molar-refractivity contribution in [3.05, 3.63) is 64.6 Å². The third-order valence-electron chi connectivity index (χ3n) is 4.35. The normalized spacial score (nSPS) is 11.2. The molecule has 0 aliphatic carbocycles. The summed E-state index contributed by atoms with van der Waals surface area (Å²) in [5.41, 5.74) is 3.11. The Morgan fingerprint density at radius 1 is 1.21 bits per heavy atom. The van der Waals surface area contributed by atoms with Gasteiger partial charge in [-0.25, -0.2) is 0 Å². The molecule has 5 nitrogen and oxygen atoms in total. The third-order valence-corrected chi connectivity index (χ3v) is 4.35. The molecule has 5 heteroatoms. The van der Waals surface area contributed by atoms with Gasteiger partial charge in [0.25, 0.3) is 0 Å². The van der Waals surface area contributed by atoms with Crippen molar-refractivity contribution in [3.8, 4) is 5.75 Å². The van der Waals surface area contributed by atoms with Crippen LogP contribution in [0.2, 0.25) is 0 Å². The molecule has 0 saturated carbocycles. The SMILES string of the molecule is COc1ccc(CNc2cc3c4c(ccn3C)cnc4c2=O)cc1. The van der Waals surface area contributed by atoms with E-state index >= 15 is 0 Å². The average molecular weight is 319 g/mol. The molecule has 0 saturated heterocycles. The number of aryl methyl sites for hydroxylation is 1. The van der Waals surface area contributed by atoms with Crippen LogP contribution in [-0.4, -0.2) is 16.7 Å². The van der Waals surface area contributed by atoms with Crippen LogP contribution in [-0.2, 0) is 13.6 Å². The van der Waals surface area contributed by atoms with E-state index in [0.29, 0.717) is 17.7 Å². The summed E-state index contributed by atoms with van der Waals surface area (Å²) in [6, 6.07) is 11.7. The van der Waals surface area contributed by atoms with Gasteiger partial charge >= 0.3 is 0 Å². The molecular formula is C19H17N3O2. The van der Waals surface area contributed by atoms with Crippen LogP contribution in [0.25, 0.3) is 21.8 Å². The lowest BCUT2D eigenvalue weighted by Crippen LogP contribution is -2.12. The Hall–Kier alpha value is -3.08. The fourth-order valence-electron chi connectivity index (χ4n) is 2.99. The average Bonchev–Trinajstić information content (AvgIpc) is 3.04. The van der Waals surface area contributed by atoms with E-state index in [9.17, 15) is 4.79 Å². The number of nitrogens with one attached hydrogen (secondary N) is 1. The number of nitrogens with zero attached hydrogens (tertiary/aromatic N) is 2. The first-order valence-corrected chi connectivity index (χ1v) is 7.74. The van der Waals surface area contributed by atoms with Crippen molar-refractivity contribution in [2.75, 3.05) is 12.4 Å². The summed E-state index contributed by atoms with van der Waals surface area (Å²) in [5, 5.41) is 5.17. The second-order valence-electron chi connectivity index (χ2n) is 5.84. The number of rotatable bonds is 4. The molecule has 0 radical (unpaired) electrons. The number of pyridine rings is 1. The van der Waals surface area contributed by atoms with Gasteiger partial charge in [-0.05, 0) is 29.8 Å². The van der Waals surface area contributed by atoms with E-state index in [0.717, 1.165) is 27.6 Å². The zero-order chi connectivity index (χ0) is 16.7. The molecule has 0 aliphatic heterocycles. The second-order valence-corrected chi connectivity index (χ2v) is 5.84. The largest absolute Gasteiger partial charge is 0.497 e. The summed E-state index contributed by atoms with van der Waals surface area (Å²) in [6.45, 7) is 0.567. The summed E-state index contributed by atoms with van der Waals surface area (Å²) >= 11 is 0. The van der Waals surface area contributed by atoms with E-state index in [-0.39, 0.29) is 5.43 Å². The van der Waals surface area contributed by atoms with Gasteiger partial charge in [-0.1, -0.05) is 12.1 Å². The Bertz CT molecular complexity index is 1070. The maximum atomic E-state index is 12.7. The topological polar surface area (TPSA) is 56.1 Å². The molecule has 2 aromatic carbocycles. The first kappa shape index (κ1) is 14.5. The van der Waals surface area contributed by atoms with Crippen LogP contribution in [0.3, 0.4) is 0 Å². The van der Waals surface area contributed by atoms with Crippen LogP contribution in [0.1, 0.15) is 5.56 Å². The molecule has 4 aromatic rings. The molecule has 2 aromatic heterocycles. The maximum absolute atomic E-state index is 12.7. The van der Waals surface area contributed by atoms with Crippen LogP contribution in [0.4, 0.5) is 5.69 Å². The number of anilines is 1. The quantitative estimate of drug-likeness (QED) is 0.628. The zero-order valence-electron chi connectivity index (χ0n) is 13.5. The summed E-state index contributed by atoms with van der Waals surface area (Å²) < 4.78 is 7.17. The molecule has 0 aliphatic rings. The van der Waals surface area contributed by atoms with Gasteiger partial charge in [0.15, 0.2) is 0 Å². The monoisotopic (exact) mass is 319 g/mol. The van der Waals surface area contributed by atoms with Crippen LogP contribution < -0.4 is 15.5 Å². The number of methoxy groups -OCH3 is 1. The molecule has 4 rings (SSSR count). The fraction of sp³-hybridized carbons (Fsp3) is 0.158. The molecule has 24 heavy (non-hydrogen) atoms. The van der Waals surface area contributed by atoms with Crippen LogP contribution in [0.5, 0.6) is 5.75 Å². The summed E-state index contributed by atoms with van der Waals surface area (Å²) in [6.07, 6.45) is 3.74. The highest BCUT2D eigenvalue weighted by molar-refractivity contribution is 6.09. The lowest BCUT2D eigenvalue weighted by molar-refractivity contribution is 0.414. The molecule has 2 heterocycles. The van der Waals surface area contributed by atoms with E-state index in [2.05, 4.69) is 10.3 Å². The Balaban J connectivity index is 1.72. The molecular weight excluding hydrogens is 302 g/mol. The predicted octanol–water partition coefficient (Wildman–Crippen LogP) is 3.15. The third kappa shape index (κ3) is 2.25. The van der Waals surface area contributed by atoms with E-state index in [1.807, 2.05) is 54.2 Å². The fourth-order valence-corrected chi connectivity index (χ4v) is 2.99. The number of ether oxygens (including phenoxy) is 1. The standard InChI is InChI=1S/C19H17N3O2/c1-22-8-7-13-11-21-18-17(13)16(22)9-15(19(18)23)20-10-12-3-5-14(24-2)6-4-12/h3-9,11,20H,10H2,1-2H3. The molecule has 120 valence electrons. The van der Waals surface area contributed by atoms with E-state index in [1.54, 1.807) is 13.3 Å². The summed E-state index contributed by atoms with van der Waals surface area (Å²) in [5.74, 6) is 0.816. The van der Waals surface area contributed by atoms with E-state index in [1.165, 1.54) is 0 Å². The number of hydrogen-bond donors (Lipinski definition) is 1. The lowest BCUT2D eigenvalue weighted by atomic mass is 10.1. The van der Waals surface area contributed by atoms with Gasteiger partial charge in [-0.15, -0.1) is 0 Å². The van der Waals surface area contributed by atoms with Crippen molar-refractivity contribution >= 4 is 27.5 Å². The van der Waals surface area contributed by atoms with Gasteiger partial charge in [0.1, 0.15) is 11.3 Å². The Kier molecular flexibility index (Phi) is 3.34. The van der Waals surface area contributed by atoms with E-state index in [4.69, 9.17) is 4.74 Å². The van der Waals surface area contributed by atoms with Crippen LogP contribution in [0, 0.1) is 0 Å². The van der Waals surface area contributed by atoms with Crippen molar-refractivity contribution in [3.63, 3.8) is 0 Å². The van der Waals surface area contributed by atoms with Gasteiger partial charge < -0.3 is 14.6 Å². The number of aromatic nitrogens is 2. The van der Waals surface area contributed by atoms with E-state index < -0.39 is 0 Å². The van der Waals surface area contributed by atoms with Crippen molar-refractivity contribution in [2.24, 2.45) is 7.05 Å². The van der Waals surface area contributed by atoms with Crippen molar-refractivity contribution < 1.29 is 4.74 Å². The summed E-state index contributed by atoms with van der Waals surface area (Å²) in [7, 11) is 3.61. The van der Waals surface area contributed by atoms with Gasteiger partial charge in [-0.3, -0.25) is 9.78 Å². The van der Waals surface area contributed by atoms with Crippen molar-refractivity contribution in [1.82, 2.24) is 9.55 Å². The highest BCUT2D eigenvalue weighted by Crippen LogP contribution is 2.26. The molecule has 0 spiro atoms. The second kappa shape index (κ2) is 5.53. The minimum absolute atomic E-state index is 0.0581. The zero-order valence-corrected chi connectivity index (χ0v) is 13.5. The highest BCUT2D eigenvalue weighted by Gasteiger charge is 2.13. The molecule has 0 amide bonds. The Morgan fingerprint density at radius 2 is 2.00 bits per heavy atom. The minimum Gasteiger partial charge on any atom is -0.497 e. The van der Waals surface area contributed by atoms with Crippen LogP contribution in [0.15, 0.2) is 53.6 Å². The Morgan fingerprint density at radius 3 is 2.75 bits per heavy atom. The summed E-state index contributed by atoms with van der Waals surface area (Å²) in [4.78, 5) is 17.0. The van der Waals surface area contributed by atoms with Crippen molar-refractivity contribution in [2.45, 2.75) is 6.54 Å². The molecule has 0 atom stereocenters.